The topological polar surface area (TPSA) is 23.8 Å². The van der Waals surface area contributed by atoms with E-state index in [1.54, 1.807) is 12.1 Å². The van der Waals surface area contributed by atoms with Crippen molar-refractivity contribution >= 4 is 11.8 Å². The number of thioether (sulfide) groups is 1. The lowest BCUT2D eigenvalue weighted by Crippen LogP contribution is -2.00. The fourth-order valence-corrected chi connectivity index (χ4v) is 1.77. The Labute approximate surface area is 89.9 Å². The molecule has 0 bridgehead atoms. The number of nitriles is 1. The lowest BCUT2D eigenvalue weighted by atomic mass is 10.1. The summed E-state index contributed by atoms with van der Waals surface area (Å²) < 4.78 is 36.4. The van der Waals surface area contributed by atoms with E-state index in [2.05, 4.69) is 0 Å². The van der Waals surface area contributed by atoms with Crippen LogP contribution < -0.4 is 0 Å². The maximum Gasteiger partial charge on any atom is 0.446 e. The first kappa shape index (κ1) is 11.9. The van der Waals surface area contributed by atoms with Crippen LogP contribution in [0.4, 0.5) is 13.2 Å². The fraction of sp³-hybridized carbons (Fsp3) is 0.300. The smallest absolute Gasteiger partial charge is 0.192 e. The van der Waals surface area contributed by atoms with Crippen molar-refractivity contribution in [2.24, 2.45) is 0 Å². The standard InChI is InChI=1S/C10H8F3NS/c1-2-7-3-4-8(6-14)9(5-7)15-10(11,12)13/h3-5H,2H2,1H3. The molecule has 1 aromatic rings. The Kier molecular flexibility index (Phi) is 3.64. The van der Waals surface area contributed by atoms with Crippen molar-refractivity contribution in [3.05, 3.63) is 29.3 Å². The van der Waals surface area contributed by atoms with Crippen LogP contribution in [0, 0.1) is 11.3 Å². The van der Waals surface area contributed by atoms with Crippen LogP contribution in [0.3, 0.4) is 0 Å². The van der Waals surface area contributed by atoms with Gasteiger partial charge in [-0.2, -0.15) is 18.4 Å². The summed E-state index contributed by atoms with van der Waals surface area (Å²) in [6.45, 7) is 1.85. The van der Waals surface area contributed by atoms with Crippen LogP contribution in [0.15, 0.2) is 23.1 Å². The lowest BCUT2D eigenvalue weighted by molar-refractivity contribution is -0.0328. The molecular formula is C10H8F3NS. The first-order chi connectivity index (χ1) is 6.96. The molecule has 0 aliphatic heterocycles. The zero-order valence-electron chi connectivity index (χ0n) is 7.93. The zero-order valence-corrected chi connectivity index (χ0v) is 8.75. The van der Waals surface area contributed by atoms with E-state index in [0.29, 0.717) is 6.42 Å². The minimum Gasteiger partial charge on any atom is -0.192 e. The SMILES string of the molecule is CCc1ccc(C#N)c(SC(F)(F)F)c1. The van der Waals surface area contributed by atoms with Crippen LogP contribution >= 0.6 is 11.8 Å². The van der Waals surface area contributed by atoms with Gasteiger partial charge in [0.25, 0.3) is 0 Å². The van der Waals surface area contributed by atoms with Crippen LogP contribution in [-0.4, -0.2) is 5.51 Å². The van der Waals surface area contributed by atoms with Crippen LogP contribution in [0.1, 0.15) is 18.1 Å². The van der Waals surface area contributed by atoms with Crippen LogP contribution in [-0.2, 0) is 6.42 Å². The van der Waals surface area contributed by atoms with Gasteiger partial charge in [-0.3, -0.25) is 0 Å². The van der Waals surface area contributed by atoms with E-state index in [-0.39, 0.29) is 22.2 Å². The molecule has 1 nitrogen and oxygen atoms in total. The van der Waals surface area contributed by atoms with Crippen molar-refractivity contribution in [3.63, 3.8) is 0 Å². The van der Waals surface area contributed by atoms with Gasteiger partial charge in [0.05, 0.1) is 5.56 Å². The van der Waals surface area contributed by atoms with Crippen molar-refractivity contribution in [1.82, 2.24) is 0 Å². The molecule has 0 fully saturated rings. The van der Waals surface area contributed by atoms with Crippen molar-refractivity contribution in [3.8, 4) is 6.07 Å². The van der Waals surface area contributed by atoms with Crippen molar-refractivity contribution < 1.29 is 13.2 Å². The van der Waals surface area contributed by atoms with E-state index >= 15 is 0 Å². The second-order valence-corrected chi connectivity index (χ2v) is 3.95. The minimum atomic E-state index is -4.35. The number of nitrogens with zero attached hydrogens (tertiary/aromatic N) is 1. The predicted octanol–water partition coefficient (Wildman–Crippen LogP) is 3.73. The number of aryl methyl sites for hydroxylation is 1. The summed E-state index contributed by atoms with van der Waals surface area (Å²) >= 11 is -0.241. The number of halogens is 3. The largest absolute Gasteiger partial charge is 0.446 e. The summed E-state index contributed by atoms with van der Waals surface area (Å²) in [7, 11) is 0. The molecule has 0 spiro atoms. The highest BCUT2D eigenvalue weighted by Crippen LogP contribution is 2.38. The molecule has 1 rings (SSSR count). The molecule has 5 heteroatoms. The van der Waals surface area contributed by atoms with Crippen molar-refractivity contribution in [2.75, 3.05) is 0 Å². The predicted molar refractivity (Wildman–Crippen MR) is 52.4 cm³/mol. The summed E-state index contributed by atoms with van der Waals surface area (Å²) in [5, 5.41) is 8.65. The highest BCUT2D eigenvalue weighted by Gasteiger charge is 2.30. The molecule has 0 atom stereocenters. The molecule has 0 radical (unpaired) electrons. The van der Waals surface area contributed by atoms with Gasteiger partial charge >= 0.3 is 5.51 Å². The Hall–Kier alpha value is -1.15. The second-order valence-electron chi connectivity index (χ2n) is 2.84. The molecule has 0 saturated heterocycles. The van der Waals surface area contributed by atoms with E-state index in [0.717, 1.165) is 5.56 Å². The average Bonchev–Trinajstić information content (AvgIpc) is 2.15. The van der Waals surface area contributed by atoms with E-state index in [1.807, 2.05) is 6.92 Å². The number of hydrogen-bond acceptors (Lipinski definition) is 2. The van der Waals surface area contributed by atoms with Gasteiger partial charge in [0.1, 0.15) is 6.07 Å². The van der Waals surface area contributed by atoms with Gasteiger partial charge in [0.2, 0.25) is 0 Å². The molecular weight excluding hydrogens is 223 g/mol. The van der Waals surface area contributed by atoms with Gasteiger partial charge in [-0.05, 0) is 35.9 Å². The molecule has 0 aromatic heterocycles. The molecule has 15 heavy (non-hydrogen) atoms. The minimum absolute atomic E-state index is 0.0237. The average molecular weight is 231 g/mol. The summed E-state index contributed by atoms with van der Waals surface area (Å²) in [6.07, 6.45) is 0.650. The third-order valence-electron chi connectivity index (χ3n) is 1.80. The third-order valence-corrected chi connectivity index (χ3v) is 2.59. The molecule has 0 amide bonds. The Morgan fingerprint density at radius 2 is 2.07 bits per heavy atom. The Balaban J connectivity index is 3.08. The first-order valence-corrected chi connectivity index (χ1v) is 5.06. The highest BCUT2D eigenvalue weighted by atomic mass is 32.2. The monoisotopic (exact) mass is 231 g/mol. The zero-order chi connectivity index (χ0) is 11.5. The number of alkyl halides is 3. The van der Waals surface area contributed by atoms with E-state index in [9.17, 15) is 13.2 Å². The van der Waals surface area contributed by atoms with Crippen molar-refractivity contribution in [2.45, 2.75) is 23.7 Å². The van der Waals surface area contributed by atoms with Crippen LogP contribution in [0.2, 0.25) is 0 Å². The molecule has 80 valence electrons. The van der Waals surface area contributed by atoms with Crippen molar-refractivity contribution in [1.29, 1.82) is 5.26 Å². The van der Waals surface area contributed by atoms with E-state index in [1.165, 1.54) is 12.1 Å². The quantitative estimate of drug-likeness (QED) is 0.724. The lowest BCUT2D eigenvalue weighted by Gasteiger charge is -2.08. The first-order valence-electron chi connectivity index (χ1n) is 4.25. The van der Waals surface area contributed by atoms with Gasteiger partial charge < -0.3 is 0 Å². The van der Waals surface area contributed by atoms with Gasteiger partial charge in [-0.1, -0.05) is 13.0 Å². The normalized spacial score (nSPS) is 11.1. The molecule has 0 aliphatic rings. The van der Waals surface area contributed by atoms with E-state index in [4.69, 9.17) is 5.26 Å². The maximum atomic E-state index is 12.1. The molecule has 0 aliphatic carbocycles. The summed E-state index contributed by atoms with van der Waals surface area (Å²) in [4.78, 5) is -0.0237. The molecule has 1 aromatic carbocycles. The summed E-state index contributed by atoms with van der Waals surface area (Å²) in [5.74, 6) is 0. The molecule has 0 N–H and O–H groups in total. The molecule has 0 heterocycles. The fourth-order valence-electron chi connectivity index (χ4n) is 1.09. The number of benzene rings is 1. The Bertz CT molecular complexity index is 393. The Morgan fingerprint density at radius 1 is 1.40 bits per heavy atom. The summed E-state index contributed by atoms with van der Waals surface area (Å²) in [5.41, 5.74) is -3.49. The number of rotatable bonds is 2. The Morgan fingerprint density at radius 3 is 2.53 bits per heavy atom. The maximum absolute atomic E-state index is 12.1. The van der Waals surface area contributed by atoms with Gasteiger partial charge in [-0.15, -0.1) is 0 Å². The van der Waals surface area contributed by atoms with Gasteiger partial charge in [0.15, 0.2) is 0 Å². The van der Waals surface area contributed by atoms with E-state index < -0.39 is 5.51 Å². The molecule has 0 saturated carbocycles. The highest BCUT2D eigenvalue weighted by molar-refractivity contribution is 8.00. The van der Waals surface area contributed by atoms with Crippen LogP contribution in [0.25, 0.3) is 0 Å². The van der Waals surface area contributed by atoms with Gasteiger partial charge in [0, 0.05) is 4.90 Å². The van der Waals surface area contributed by atoms with Gasteiger partial charge in [-0.25, -0.2) is 0 Å². The third kappa shape index (κ3) is 3.48. The second kappa shape index (κ2) is 4.58. The molecule has 0 unspecified atom stereocenters. The van der Waals surface area contributed by atoms with Crippen LogP contribution in [0.5, 0.6) is 0 Å². The summed E-state index contributed by atoms with van der Waals surface area (Å²) in [6, 6.07) is 6.25. The number of hydrogen-bond donors (Lipinski definition) is 0.